The summed E-state index contributed by atoms with van der Waals surface area (Å²) in [6, 6.07) is 21.9. The molecule has 6 rings (SSSR count). The Kier molecular flexibility index (Phi) is 8.15. The molecule has 1 aliphatic heterocycles. The lowest BCUT2D eigenvalue weighted by Crippen LogP contribution is -2.53. The van der Waals surface area contributed by atoms with E-state index in [0.29, 0.717) is 52.6 Å². The minimum Gasteiger partial charge on any atom is -0.382 e. The number of rotatable bonds is 8. The molecule has 2 aromatic heterocycles. The molecule has 3 heterocycles. The maximum absolute atomic E-state index is 6.65. The number of nitrogens with zero attached hydrogens (tertiary/aromatic N) is 6. The fourth-order valence-corrected chi connectivity index (χ4v) is 5.70. The third-order valence-corrected chi connectivity index (χ3v) is 8.49. The van der Waals surface area contributed by atoms with Gasteiger partial charge in [0.2, 0.25) is 0 Å². The van der Waals surface area contributed by atoms with E-state index in [0.717, 1.165) is 53.0 Å². The summed E-state index contributed by atoms with van der Waals surface area (Å²) in [5.74, 6) is 2.85. The van der Waals surface area contributed by atoms with E-state index in [4.69, 9.17) is 39.0 Å². The minimum atomic E-state index is 0.313. The van der Waals surface area contributed by atoms with Gasteiger partial charge in [0.05, 0.1) is 5.52 Å². The zero-order valence-corrected chi connectivity index (χ0v) is 25.1. The molecule has 216 valence electrons. The first-order valence-electron chi connectivity index (χ1n) is 14.1. The lowest BCUT2D eigenvalue weighted by atomic mass is 10.0. The number of piperazine rings is 1. The lowest BCUT2D eigenvalue weighted by molar-refractivity contribution is 0.367. The van der Waals surface area contributed by atoms with Gasteiger partial charge in [-0.1, -0.05) is 73.4 Å². The van der Waals surface area contributed by atoms with Crippen molar-refractivity contribution in [2.75, 3.05) is 35.2 Å². The number of halogens is 2. The molecule has 0 unspecified atom stereocenters. The van der Waals surface area contributed by atoms with Crippen LogP contribution in [0.25, 0.3) is 22.3 Å². The Balaban J connectivity index is 1.48. The van der Waals surface area contributed by atoms with E-state index >= 15 is 0 Å². The van der Waals surface area contributed by atoms with Crippen molar-refractivity contribution in [1.82, 2.24) is 30.7 Å². The zero-order valence-electron chi connectivity index (χ0n) is 23.6. The van der Waals surface area contributed by atoms with Crippen LogP contribution >= 0.6 is 23.2 Å². The molecular weight excluding hydrogens is 569 g/mol. The zero-order chi connectivity index (χ0) is 29.2. The van der Waals surface area contributed by atoms with Crippen molar-refractivity contribution >= 4 is 51.6 Å². The minimum absolute atomic E-state index is 0.313. The summed E-state index contributed by atoms with van der Waals surface area (Å²) in [5, 5.41) is 22.4. The van der Waals surface area contributed by atoms with E-state index in [9.17, 15) is 0 Å². The highest BCUT2D eigenvalue weighted by molar-refractivity contribution is 6.31. The van der Waals surface area contributed by atoms with E-state index in [2.05, 4.69) is 44.3 Å². The first-order chi connectivity index (χ1) is 20.4. The van der Waals surface area contributed by atoms with Crippen LogP contribution < -0.4 is 20.9 Å². The van der Waals surface area contributed by atoms with Crippen molar-refractivity contribution in [2.24, 2.45) is 5.92 Å². The van der Waals surface area contributed by atoms with Crippen LogP contribution in [0.5, 0.6) is 0 Å². The van der Waals surface area contributed by atoms with E-state index < -0.39 is 0 Å². The Labute approximate surface area is 255 Å². The number of hydrogen-bond donors (Lipinski definition) is 3. The number of nitrogen functional groups attached to an aromatic ring is 1. The van der Waals surface area contributed by atoms with E-state index in [1.165, 1.54) is 0 Å². The van der Waals surface area contributed by atoms with E-state index in [1.54, 1.807) is 0 Å². The van der Waals surface area contributed by atoms with Crippen LogP contribution in [-0.4, -0.2) is 51.1 Å². The summed E-state index contributed by atoms with van der Waals surface area (Å²) in [4.78, 5) is 9.64. The molecule has 42 heavy (non-hydrogen) atoms. The second-order valence-electron chi connectivity index (χ2n) is 10.9. The normalized spacial score (nSPS) is 15.5. The van der Waals surface area contributed by atoms with Gasteiger partial charge in [-0.25, -0.2) is 4.98 Å². The lowest BCUT2D eigenvalue weighted by Gasteiger charge is -2.38. The van der Waals surface area contributed by atoms with Crippen LogP contribution in [-0.2, 0) is 13.1 Å². The number of aromatic nitrogens is 5. The van der Waals surface area contributed by atoms with Gasteiger partial charge in [0.25, 0.3) is 0 Å². The monoisotopic (exact) mass is 601 g/mol. The van der Waals surface area contributed by atoms with Gasteiger partial charge >= 0.3 is 0 Å². The van der Waals surface area contributed by atoms with Crippen LogP contribution in [0, 0.1) is 5.92 Å². The number of hydrogen-bond acceptors (Lipinski definition) is 8. The summed E-state index contributed by atoms with van der Waals surface area (Å²) in [5.41, 5.74) is 9.73. The number of fused-ring (bicyclic) bond motifs is 1. The maximum Gasteiger partial charge on any atom is 0.195 e. The molecule has 0 bridgehead atoms. The van der Waals surface area contributed by atoms with Gasteiger partial charge in [-0.3, -0.25) is 5.10 Å². The maximum atomic E-state index is 6.65. The smallest absolute Gasteiger partial charge is 0.195 e. The Morgan fingerprint density at radius 1 is 0.976 bits per heavy atom. The molecule has 0 spiro atoms. The van der Waals surface area contributed by atoms with Gasteiger partial charge in [0.15, 0.2) is 23.3 Å². The van der Waals surface area contributed by atoms with Gasteiger partial charge in [-0.15, -0.1) is 10.2 Å². The second kappa shape index (κ2) is 12.1. The predicted octanol–water partition coefficient (Wildman–Crippen LogP) is 5.94. The molecule has 0 radical (unpaired) electrons. The van der Waals surface area contributed by atoms with Crippen LogP contribution in [0.3, 0.4) is 0 Å². The van der Waals surface area contributed by atoms with E-state index in [-0.39, 0.29) is 0 Å². The Morgan fingerprint density at radius 2 is 1.67 bits per heavy atom. The average Bonchev–Trinajstić information content (AvgIpc) is 3.38. The highest BCUT2D eigenvalue weighted by Gasteiger charge is 2.28. The third-order valence-electron chi connectivity index (χ3n) is 7.75. The fourth-order valence-electron chi connectivity index (χ4n) is 5.31. The van der Waals surface area contributed by atoms with Crippen molar-refractivity contribution in [3.63, 3.8) is 0 Å². The molecule has 3 aromatic carbocycles. The summed E-state index contributed by atoms with van der Waals surface area (Å²) in [6.07, 6.45) is 0. The highest BCUT2D eigenvalue weighted by atomic mass is 35.5. The van der Waals surface area contributed by atoms with Crippen LogP contribution in [0.4, 0.5) is 17.5 Å². The second-order valence-corrected chi connectivity index (χ2v) is 11.8. The number of aromatic amines is 1. The first kappa shape index (κ1) is 28.2. The largest absolute Gasteiger partial charge is 0.382 e. The standard InChI is InChI=1S/C31H33Cl2N9/c1-19(2)27-18-41(14-13-35-27)30-31(40-39-29(36-30)20-11-12-26-23(15-20)28(34)38-37-26)42(16-21-7-3-5-9-24(21)32)17-22-8-4-6-10-25(22)33/h3-12,15,19,27,35H,13-14,16-18H2,1-2H3,(H3,34,37,38)/t27-/m1/s1. The molecule has 0 aliphatic carbocycles. The van der Waals surface area contributed by atoms with Crippen LogP contribution in [0.1, 0.15) is 25.0 Å². The summed E-state index contributed by atoms with van der Waals surface area (Å²) >= 11 is 13.3. The Bertz CT molecular complexity index is 1660. The summed E-state index contributed by atoms with van der Waals surface area (Å²) < 4.78 is 0. The molecule has 4 N–H and O–H groups in total. The van der Waals surface area contributed by atoms with E-state index in [1.807, 2.05) is 66.7 Å². The molecule has 0 amide bonds. The van der Waals surface area contributed by atoms with Crippen molar-refractivity contribution < 1.29 is 0 Å². The van der Waals surface area contributed by atoms with Crippen LogP contribution in [0.2, 0.25) is 10.0 Å². The predicted molar refractivity (Wildman–Crippen MR) is 171 cm³/mol. The fraction of sp³-hybridized carbons (Fsp3) is 0.290. The first-order valence-corrected chi connectivity index (χ1v) is 14.8. The van der Waals surface area contributed by atoms with Gasteiger partial charge < -0.3 is 20.9 Å². The number of anilines is 3. The molecule has 1 atom stereocenters. The molecule has 0 saturated carbocycles. The number of H-pyrrole nitrogens is 1. The van der Waals surface area contributed by atoms with Gasteiger partial charge in [0.1, 0.15) is 0 Å². The van der Waals surface area contributed by atoms with Crippen LogP contribution in [0.15, 0.2) is 66.7 Å². The summed E-state index contributed by atoms with van der Waals surface area (Å²) in [6.45, 7) is 7.90. The van der Waals surface area contributed by atoms with Gasteiger partial charge in [-0.2, -0.15) is 5.10 Å². The van der Waals surface area contributed by atoms with Crippen molar-refractivity contribution in [1.29, 1.82) is 0 Å². The number of nitrogens with two attached hydrogens (primary N) is 1. The molecule has 5 aromatic rings. The molecular formula is C31H33Cl2N9. The third kappa shape index (κ3) is 5.86. The topological polar surface area (TPSA) is 112 Å². The van der Waals surface area contributed by atoms with Crippen molar-refractivity contribution in [2.45, 2.75) is 33.0 Å². The quantitative estimate of drug-likeness (QED) is 0.200. The summed E-state index contributed by atoms with van der Waals surface area (Å²) in [7, 11) is 0. The van der Waals surface area contributed by atoms with Crippen molar-refractivity contribution in [3.05, 3.63) is 87.9 Å². The highest BCUT2D eigenvalue weighted by Crippen LogP contribution is 2.33. The Morgan fingerprint density at radius 3 is 2.33 bits per heavy atom. The Hall–Kier alpha value is -3.92. The molecule has 9 nitrogen and oxygen atoms in total. The molecule has 1 saturated heterocycles. The average molecular weight is 603 g/mol. The molecule has 11 heteroatoms. The SMILES string of the molecule is CC(C)[C@H]1CN(c2nc(-c3ccc4[nH]nc(N)c4c3)nnc2N(Cc2ccccc2Cl)Cc2ccccc2Cl)CCN1. The number of benzene rings is 3. The number of nitrogens with one attached hydrogen (secondary N) is 2. The van der Waals surface area contributed by atoms with Crippen molar-refractivity contribution in [3.8, 4) is 11.4 Å². The molecule has 1 fully saturated rings. The molecule has 1 aliphatic rings. The van der Waals surface area contributed by atoms with Gasteiger partial charge in [0, 0.05) is 59.8 Å². The van der Waals surface area contributed by atoms with Gasteiger partial charge in [-0.05, 0) is 47.4 Å².